The predicted octanol–water partition coefficient (Wildman–Crippen LogP) is 1.24. The van der Waals surface area contributed by atoms with Gasteiger partial charge in [-0.3, -0.25) is 4.98 Å². The van der Waals surface area contributed by atoms with E-state index in [4.69, 9.17) is 5.73 Å². The molecule has 2 unspecified atom stereocenters. The van der Waals surface area contributed by atoms with Crippen molar-refractivity contribution in [3.63, 3.8) is 0 Å². The molecular formula is C11H17N3O. The lowest BCUT2D eigenvalue weighted by Crippen LogP contribution is -2.13. The van der Waals surface area contributed by atoms with Gasteiger partial charge in [0, 0.05) is 12.7 Å². The van der Waals surface area contributed by atoms with Crippen molar-refractivity contribution in [2.45, 2.75) is 25.4 Å². The Bertz CT molecular complexity index is 329. The van der Waals surface area contributed by atoms with E-state index in [1.165, 1.54) is 0 Å². The van der Waals surface area contributed by atoms with Gasteiger partial charge in [-0.2, -0.15) is 0 Å². The molecule has 1 saturated carbocycles. The van der Waals surface area contributed by atoms with Crippen molar-refractivity contribution in [2.24, 2.45) is 5.92 Å². The highest BCUT2D eigenvalue weighted by Crippen LogP contribution is 2.26. The van der Waals surface area contributed by atoms with Crippen LogP contribution in [-0.2, 0) is 0 Å². The second-order valence-electron chi connectivity index (χ2n) is 4.18. The molecule has 1 aliphatic rings. The zero-order valence-corrected chi connectivity index (χ0v) is 8.69. The second kappa shape index (κ2) is 4.49. The van der Waals surface area contributed by atoms with Crippen LogP contribution in [-0.4, -0.2) is 22.7 Å². The first-order valence-electron chi connectivity index (χ1n) is 5.37. The van der Waals surface area contributed by atoms with Crippen molar-refractivity contribution in [1.82, 2.24) is 4.98 Å². The number of nitrogens with zero attached hydrogens (tertiary/aromatic N) is 1. The first kappa shape index (κ1) is 10.2. The van der Waals surface area contributed by atoms with Gasteiger partial charge < -0.3 is 16.2 Å². The van der Waals surface area contributed by atoms with Crippen molar-refractivity contribution >= 4 is 11.4 Å². The molecule has 0 spiro atoms. The number of aromatic nitrogens is 1. The maximum Gasteiger partial charge on any atom is 0.0736 e. The van der Waals surface area contributed by atoms with Gasteiger partial charge in [0.2, 0.25) is 0 Å². The Kier molecular flexibility index (Phi) is 3.06. The second-order valence-corrected chi connectivity index (χ2v) is 4.18. The minimum atomic E-state index is -0.105. The van der Waals surface area contributed by atoms with Crippen LogP contribution < -0.4 is 11.1 Å². The van der Waals surface area contributed by atoms with Crippen molar-refractivity contribution in [1.29, 1.82) is 0 Å². The molecule has 0 aliphatic heterocycles. The number of aliphatic hydroxyl groups is 1. The summed E-state index contributed by atoms with van der Waals surface area (Å²) in [5.74, 6) is 0.563. The lowest BCUT2D eigenvalue weighted by atomic mass is 10.1. The Morgan fingerprint density at radius 3 is 3.07 bits per heavy atom. The summed E-state index contributed by atoms with van der Waals surface area (Å²) in [4.78, 5) is 3.93. The molecule has 1 aromatic rings. The van der Waals surface area contributed by atoms with E-state index < -0.39 is 0 Å². The molecule has 0 aromatic carbocycles. The van der Waals surface area contributed by atoms with Crippen LogP contribution in [0.5, 0.6) is 0 Å². The van der Waals surface area contributed by atoms with Crippen molar-refractivity contribution in [3.8, 4) is 0 Å². The highest BCUT2D eigenvalue weighted by atomic mass is 16.3. The maximum absolute atomic E-state index is 9.39. The first-order chi connectivity index (χ1) is 7.25. The zero-order valence-electron chi connectivity index (χ0n) is 8.69. The van der Waals surface area contributed by atoms with E-state index in [2.05, 4.69) is 10.3 Å². The number of rotatable bonds is 3. The van der Waals surface area contributed by atoms with Gasteiger partial charge in [0.1, 0.15) is 0 Å². The van der Waals surface area contributed by atoms with Gasteiger partial charge in [-0.25, -0.2) is 0 Å². The van der Waals surface area contributed by atoms with Crippen LogP contribution in [0.3, 0.4) is 0 Å². The topological polar surface area (TPSA) is 71.2 Å². The van der Waals surface area contributed by atoms with E-state index in [0.717, 1.165) is 31.5 Å². The van der Waals surface area contributed by atoms with Crippen LogP contribution in [0.15, 0.2) is 18.5 Å². The van der Waals surface area contributed by atoms with Crippen LogP contribution in [0, 0.1) is 5.92 Å². The molecule has 15 heavy (non-hydrogen) atoms. The summed E-state index contributed by atoms with van der Waals surface area (Å²) >= 11 is 0. The highest BCUT2D eigenvalue weighted by molar-refractivity contribution is 5.64. The molecule has 0 amide bonds. The molecule has 0 saturated heterocycles. The smallest absolute Gasteiger partial charge is 0.0736 e. The van der Waals surface area contributed by atoms with Gasteiger partial charge in [-0.05, 0) is 31.2 Å². The summed E-state index contributed by atoms with van der Waals surface area (Å²) in [6.45, 7) is 0.880. The standard InChI is InChI=1S/C11H17N3O/c12-10-7-13-4-3-11(10)14-6-8-1-2-9(15)5-8/h3-4,7-9,15H,1-2,5-6,12H2,(H,13,14). The largest absolute Gasteiger partial charge is 0.396 e. The fourth-order valence-corrected chi connectivity index (χ4v) is 2.06. The van der Waals surface area contributed by atoms with Gasteiger partial charge in [-0.1, -0.05) is 0 Å². The normalized spacial score (nSPS) is 25.4. The Labute approximate surface area is 89.5 Å². The molecule has 4 heteroatoms. The number of hydrogen-bond donors (Lipinski definition) is 3. The average Bonchev–Trinajstić information content (AvgIpc) is 2.63. The molecule has 0 bridgehead atoms. The lowest BCUT2D eigenvalue weighted by molar-refractivity contribution is 0.178. The van der Waals surface area contributed by atoms with Crippen LogP contribution in [0.25, 0.3) is 0 Å². The molecule has 4 N–H and O–H groups in total. The fourth-order valence-electron chi connectivity index (χ4n) is 2.06. The SMILES string of the molecule is Nc1cnccc1NCC1CCC(O)C1. The molecule has 1 fully saturated rings. The van der Waals surface area contributed by atoms with Crippen molar-refractivity contribution in [3.05, 3.63) is 18.5 Å². The van der Waals surface area contributed by atoms with E-state index in [0.29, 0.717) is 11.6 Å². The Morgan fingerprint density at radius 1 is 1.53 bits per heavy atom. The molecule has 1 heterocycles. The Morgan fingerprint density at radius 2 is 2.40 bits per heavy atom. The van der Waals surface area contributed by atoms with Gasteiger partial charge >= 0.3 is 0 Å². The van der Waals surface area contributed by atoms with E-state index in [1.807, 2.05) is 6.07 Å². The van der Waals surface area contributed by atoms with E-state index in [-0.39, 0.29) is 6.10 Å². The monoisotopic (exact) mass is 207 g/mol. The number of anilines is 2. The van der Waals surface area contributed by atoms with Crippen LogP contribution in [0.1, 0.15) is 19.3 Å². The van der Waals surface area contributed by atoms with Gasteiger partial charge in [0.15, 0.2) is 0 Å². The zero-order chi connectivity index (χ0) is 10.7. The number of nitrogens with two attached hydrogens (primary N) is 1. The third-order valence-corrected chi connectivity index (χ3v) is 2.95. The quantitative estimate of drug-likeness (QED) is 0.697. The molecule has 82 valence electrons. The van der Waals surface area contributed by atoms with Crippen LogP contribution in [0.4, 0.5) is 11.4 Å². The number of nitrogens with one attached hydrogen (secondary N) is 1. The Balaban J connectivity index is 1.86. The fraction of sp³-hybridized carbons (Fsp3) is 0.545. The van der Waals surface area contributed by atoms with E-state index in [1.54, 1.807) is 12.4 Å². The molecule has 4 nitrogen and oxygen atoms in total. The molecule has 2 rings (SSSR count). The molecule has 2 atom stereocenters. The van der Waals surface area contributed by atoms with Crippen molar-refractivity contribution < 1.29 is 5.11 Å². The third-order valence-electron chi connectivity index (χ3n) is 2.95. The van der Waals surface area contributed by atoms with E-state index in [9.17, 15) is 5.11 Å². The van der Waals surface area contributed by atoms with Crippen molar-refractivity contribution in [2.75, 3.05) is 17.6 Å². The number of aliphatic hydroxyl groups excluding tert-OH is 1. The Hall–Kier alpha value is -1.29. The average molecular weight is 207 g/mol. The molecular weight excluding hydrogens is 190 g/mol. The summed E-state index contributed by atoms with van der Waals surface area (Å²) in [6.07, 6.45) is 6.19. The van der Waals surface area contributed by atoms with Gasteiger partial charge in [-0.15, -0.1) is 0 Å². The predicted molar refractivity (Wildman–Crippen MR) is 60.5 cm³/mol. The highest BCUT2D eigenvalue weighted by Gasteiger charge is 2.22. The number of nitrogen functional groups attached to an aromatic ring is 1. The van der Waals surface area contributed by atoms with E-state index >= 15 is 0 Å². The maximum atomic E-state index is 9.39. The molecule has 1 aliphatic carbocycles. The number of pyridine rings is 1. The van der Waals surface area contributed by atoms with Crippen LogP contribution in [0.2, 0.25) is 0 Å². The molecule has 0 radical (unpaired) electrons. The lowest BCUT2D eigenvalue weighted by Gasteiger charge is -2.13. The number of hydrogen-bond acceptors (Lipinski definition) is 4. The summed E-state index contributed by atoms with van der Waals surface area (Å²) in [7, 11) is 0. The van der Waals surface area contributed by atoms with Crippen LogP contribution >= 0.6 is 0 Å². The van der Waals surface area contributed by atoms with Gasteiger partial charge in [0.05, 0.1) is 23.7 Å². The summed E-state index contributed by atoms with van der Waals surface area (Å²) in [5.41, 5.74) is 7.37. The third kappa shape index (κ3) is 2.59. The first-order valence-corrected chi connectivity index (χ1v) is 5.37. The summed E-state index contributed by atoms with van der Waals surface area (Å²) in [6, 6.07) is 1.88. The summed E-state index contributed by atoms with van der Waals surface area (Å²) < 4.78 is 0. The summed E-state index contributed by atoms with van der Waals surface area (Å²) in [5, 5.41) is 12.7. The molecule has 1 aromatic heterocycles. The minimum absolute atomic E-state index is 0.105. The van der Waals surface area contributed by atoms with Gasteiger partial charge in [0.25, 0.3) is 0 Å². The minimum Gasteiger partial charge on any atom is -0.396 e.